The molecule has 0 spiro atoms. The number of aliphatic carboxylic acids is 1. The largest absolute Gasteiger partial charge is 0.496 e. The van der Waals surface area contributed by atoms with Gasteiger partial charge < -0.3 is 31.1 Å². The standard InChI is InChI=1S/C39H41Cl2N7O4S/c1-21-28(19-42-18-24-13-14-33(49)46-24)31(52-2)17-30(45-21)27-7-3-5-25(35(27)40)26-6-4-8-29(36(26)41)47-38-37-32(15-16-43-38)53-34(48-37)20-44-23-11-9-22(10-12-23)39(50)51/h3-8,15-17,22-24,42,44H,9-14,18-20H2,1-2H3,(H,43,47)(H,46,49)(H,50,51)/t22?,23?,24-/m0/s1. The normalized spacial score (nSPS) is 18.6. The van der Waals surface area contributed by atoms with Crippen LogP contribution in [0.4, 0.5) is 11.5 Å². The molecule has 2 fully saturated rings. The van der Waals surface area contributed by atoms with Gasteiger partial charge in [-0.3, -0.25) is 14.6 Å². The molecule has 1 aliphatic carbocycles. The Labute approximate surface area is 321 Å². The Kier molecular flexibility index (Phi) is 11.4. The van der Waals surface area contributed by atoms with Crippen molar-refractivity contribution in [2.45, 2.75) is 70.6 Å². The van der Waals surface area contributed by atoms with Crippen molar-refractivity contribution in [1.29, 1.82) is 0 Å². The first-order chi connectivity index (χ1) is 25.7. The molecule has 14 heteroatoms. The fourth-order valence-electron chi connectivity index (χ4n) is 7.15. The third-order valence-electron chi connectivity index (χ3n) is 10.1. The predicted octanol–water partition coefficient (Wildman–Crippen LogP) is 7.89. The second-order valence-corrected chi connectivity index (χ2v) is 15.4. The van der Waals surface area contributed by atoms with Gasteiger partial charge in [-0.05, 0) is 51.2 Å². The number of aromatic nitrogens is 3. The molecule has 0 radical (unpaired) electrons. The van der Waals surface area contributed by atoms with Crippen molar-refractivity contribution >= 4 is 68.1 Å². The number of ether oxygens (including phenoxy) is 1. The van der Waals surface area contributed by atoms with Crippen LogP contribution in [0.25, 0.3) is 32.6 Å². The second-order valence-electron chi connectivity index (χ2n) is 13.5. The topological polar surface area (TPSA) is 150 Å². The number of carbonyl (C=O) groups is 2. The number of nitrogens with zero attached hydrogens (tertiary/aromatic N) is 3. The number of halogens is 2. The number of hydrogen-bond acceptors (Lipinski definition) is 10. The first-order valence-corrected chi connectivity index (χ1v) is 19.4. The van der Waals surface area contributed by atoms with E-state index in [1.54, 1.807) is 24.6 Å². The summed E-state index contributed by atoms with van der Waals surface area (Å²) in [5, 5.41) is 24.7. The summed E-state index contributed by atoms with van der Waals surface area (Å²) < 4.78 is 6.80. The molecule has 11 nitrogen and oxygen atoms in total. The van der Waals surface area contributed by atoms with Crippen LogP contribution in [-0.2, 0) is 22.7 Å². The minimum Gasteiger partial charge on any atom is -0.496 e. The summed E-state index contributed by atoms with van der Waals surface area (Å²) in [6, 6.07) is 15.8. The zero-order valence-electron chi connectivity index (χ0n) is 29.5. The number of carboxylic acid groups (broad SMARTS) is 1. The molecule has 0 bridgehead atoms. The van der Waals surface area contributed by atoms with Crippen LogP contribution in [0, 0.1) is 12.8 Å². The van der Waals surface area contributed by atoms with E-state index in [1.165, 1.54) is 0 Å². The van der Waals surface area contributed by atoms with Crippen LogP contribution in [0.5, 0.6) is 5.75 Å². The van der Waals surface area contributed by atoms with Crippen molar-refractivity contribution in [2.24, 2.45) is 5.92 Å². The lowest BCUT2D eigenvalue weighted by Crippen LogP contribution is -2.35. The number of aryl methyl sites for hydroxylation is 1. The molecule has 1 saturated heterocycles. The molecule has 2 aromatic carbocycles. The molecule has 4 heterocycles. The number of fused-ring (bicyclic) bond motifs is 1. The van der Waals surface area contributed by atoms with Crippen molar-refractivity contribution in [1.82, 2.24) is 30.9 Å². The number of anilines is 2. The van der Waals surface area contributed by atoms with Gasteiger partial charge in [-0.1, -0.05) is 53.5 Å². The van der Waals surface area contributed by atoms with Crippen molar-refractivity contribution in [3.05, 3.63) is 81.0 Å². The van der Waals surface area contributed by atoms with Gasteiger partial charge in [0, 0.05) is 78.3 Å². The number of nitrogens with one attached hydrogen (secondary N) is 4. The van der Waals surface area contributed by atoms with Crippen LogP contribution in [-0.4, -0.2) is 57.7 Å². The lowest BCUT2D eigenvalue weighted by atomic mass is 9.86. The fraction of sp³-hybridized carbons (Fsp3) is 0.359. The SMILES string of the molecule is COc1cc(-c2cccc(-c3cccc(Nc4nccc5sc(CNC6CCC(C(=O)O)CC6)nc45)c3Cl)c2Cl)nc(C)c1CNC[C@@H]1CCC(=O)N1. The number of pyridine rings is 2. The smallest absolute Gasteiger partial charge is 0.306 e. The van der Waals surface area contributed by atoms with Gasteiger partial charge in [-0.25, -0.2) is 9.97 Å². The van der Waals surface area contributed by atoms with E-state index in [-0.39, 0.29) is 23.9 Å². The Bertz CT molecular complexity index is 2150. The van der Waals surface area contributed by atoms with Crippen LogP contribution < -0.4 is 26.0 Å². The van der Waals surface area contributed by atoms with E-state index in [0.717, 1.165) is 62.4 Å². The third kappa shape index (κ3) is 8.27. The molecule has 2 aliphatic rings. The number of thiazole rings is 1. The minimum atomic E-state index is -0.697. The zero-order valence-corrected chi connectivity index (χ0v) is 31.8. The molecule has 5 aromatic rings. The minimum absolute atomic E-state index is 0.0968. The molecule has 53 heavy (non-hydrogen) atoms. The summed E-state index contributed by atoms with van der Waals surface area (Å²) in [7, 11) is 1.64. The maximum Gasteiger partial charge on any atom is 0.306 e. The van der Waals surface area contributed by atoms with Crippen LogP contribution >= 0.6 is 34.5 Å². The third-order valence-corrected chi connectivity index (χ3v) is 11.9. The van der Waals surface area contributed by atoms with Crippen LogP contribution in [0.3, 0.4) is 0 Å². The lowest BCUT2D eigenvalue weighted by molar-refractivity contribution is -0.142. The van der Waals surface area contributed by atoms with E-state index >= 15 is 0 Å². The van der Waals surface area contributed by atoms with Gasteiger partial charge >= 0.3 is 5.97 Å². The summed E-state index contributed by atoms with van der Waals surface area (Å²) in [6.07, 6.45) is 6.23. The van der Waals surface area contributed by atoms with E-state index in [0.29, 0.717) is 71.9 Å². The van der Waals surface area contributed by atoms with Crippen LogP contribution in [0.2, 0.25) is 10.0 Å². The van der Waals surface area contributed by atoms with Crippen molar-refractivity contribution in [3.8, 4) is 28.1 Å². The van der Waals surface area contributed by atoms with Crippen molar-refractivity contribution in [3.63, 3.8) is 0 Å². The molecule has 1 atom stereocenters. The maximum atomic E-state index is 11.6. The van der Waals surface area contributed by atoms with Crippen molar-refractivity contribution < 1.29 is 19.4 Å². The highest BCUT2D eigenvalue weighted by Crippen LogP contribution is 2.43. The Hall–Kier alpha value is -4.33. The molecular weight excluding hydrogens is 733 g/mol. The van der Waals surface area contributed by atoms with E-state index in [2.05, 4.69) is 26.3 Å². The van der Waals surface area contributed by atoms with E-state index in [4.69, 9.17) is 37.9 Å². The molecule has 1 amide bonds. The molecule has 1 aliphatic heterocycles. The number of carbonyl (C=O) groups excluding carboxylic acids is 1. The summed E-state index contributed by atoms with van der Waals surface area (Å²) in [6.45, 7) is 3.78. The molecule has 5 N–H and O–H groups in total. The monoisotopic (exact) mass is 773 g/mol. The first kappa shape index (κ1) is 37.0. The Balaban J connectivity index is 1.08. The summed E-state index contributed by atoms with van der Waals surface area (Å²) in [5.41, 5.74) is 6.12. The summed E-state index contributed by atoms with van der Waals surface area (Å²) >= 11 is 15.9. The van der Waals surface area contributed by atoms with E-state index in [1.807, 2.05) is 55.5 Å². The van der Waals surface area contributed by atoms with Gasteiger partial charge in [0.05, 0.1) is 39.2 Å². The van der Waals surface area contributed by atoms with Crippen LogP contribution in [0.15, 0.2) is 54.7 Å². The molecule has 276 valence electrons. The molecule has 3 aromatic heterocycles. The number of methoxy groups -OCH3 is 1. The van der Waals surface area contributed by atoms with Gasteiger partial charge in [0.2, 0.25) is 5.91 Å². The highest BCUT2D eigenvalue weighted by Gasteiger charge is 2.26. The molecular formula is C39H41Cl2N7O4S. The van der Waals surface area contributed by atoms with Crippen LogP contribution in [0.1, 0.15) is 54.8 Å². The first-order valence-electron chi connectivity index (χ1n) is 17.8. The number of carboxylic acids is 1. The molecule has 0 unspecified atom stereocenters. The molecule has 1 saturated carbocycles. The Morgan fingerprint density at radius 3 is 2.49 bits per heavy atom. The summed E-state index contributed by atoms with van der Waals surface area (Å²) in [5.74, 6) is 0.459. The van der Waals surface area contributed by atoms with Crippen molar-refractivity contribution in [2.75, 3.05) is 19.0 Å². The Morgan fingerprint density at radius 1 is 1.00 bits per heavy atom. The Morgan fingerprint density at radius 2 is 1.75 bits per heavy atom. The molecule has 7 rings (SSSR count). The maximum absolute atomic E-state index is 11.6. The number of rotatable bonds is 13. The quantitative estimate of drug-likeness (QED) is 0.0800. The zero-order chi connectivity index (χ0) is 37.1. The van der Waals surface area contributed by atoms with E-state index in [9.17, 15) is 14.7 Å². The average Bonchev–Trinajstić information content (AvgIpc) is 3.78. The van der Waals surface area contributed by atoms with Gasteiger partial charge in [-0.15, -0.1) is 11.3 Å². The number of amides is 1. The number of hydrogen-bond donors (Lipinski definition) is 5. The lowest BCUT2D eigenvalue weighted by Gasteiger charge is -2.26. The highest BCUT2D eigenvalue weighted by atomic mass is 35.5. The van der Waals surface area contributed by atoms with E-state index < -0.39 is 5.97 Å². The predicted molar refractivity (Wildman–Crippen MR) is 210 cm³/mol. The van der Waals surface area contributed by atoms with Gasteiger partial charge in [-0.2, -0.15) is 0 Å². The second kappa shape index (κ2) is 16.4. The fourth-order valence-corrected chi connectivity index (χ4v) is 8.67. The summed E-state index contributed by atoms with van der Waals surface area (Å²) in [4.78, 5) is 37.3. The van der Waals surface area contributed by atoms with Gasteiger partial charge in [0.15, 0.2) is 5.82 Å². The van der Waals surface area contributed by atoms with Gasteiger partial charge in [0.25, 0.3) is 0 Å². The average molecular weight is 775 g/mol. The highest BCUT2D eigenvalue weighted by molar-refractivity contribution is 7.18. The van der Waals surface area contributed by atoms with Gasteiger partial charge in [0.1, 0.15) is 16.3 Å². The number of benzene rings is 2.